The number of hydrogen-bond acceptors (Lipinski definition) is 6. The molecule has 0 saturated carbocycles. The average molecular weight is 290 g/mol. The van der Waals surface area contributed by atoms with E-state index in [4.69, 9.17) is 5.11 Å². The summed E-state index contributed by atoms with van der Waals surface area (Å²) in [5.74, 6) is -1.40. The summed E-state index contributed by atoms with van der Waals surface area (Å²) in [5.41, 5.74) is 1.54. The monoisotopic (exact) mass is 290 g/mol. The Morgan fingerprint density at radius 1 is 1.29 bits per heavy atom. The molecule has 0 spiro atoms. The van der Waals surface area contributed by atoms with Crippen LogP contribution >= 0.6 is 0 Å². The molecule has 0 bridgehead atoms. The van der Waals surface area contributed by atoms with Crippen LogP contribution in [0.15, 0.2) is 12.3 Å². The van der Waals surface area contributed by atoms with Crippen LogP contribution in [-0.4, -0.2) is 48.7 Å². The van der Waals surface area contributed by atoms with Crippen LogP contribution in [0.25, 0.3) is 0 Å². The fraction of sp³-hybridized carbons (Fsp3) is 0.333. The second kappa shape index (κ2) is 6.07. The summed E-state index contributed by atoms with van der Waals surface area (Å²) in [4.78, 5) is 22.7. The smallest absolute Gasteiger partial charge is 0.358 e. The first-order valence-corrected chi connectivity index (χ1v) is 6.20. The van der Waals surface area contributed by atoms with E-state index in [-0.39, 0.29) is 11.6 Å². The van der Waals surface area contributed by atoms with Crippen molar-refractivity contribution in [3.8, 4) is 0 Å². The molecule has 0 unspecified atom stereocenters. The fourth-order valence-electron chi connectivity index (χ4n) is 1.66. The number of nitrogens with one attached hydrogen (secondary N) is 1. The first kappa shape index (κ1) is 14.6. The minimum absolute atomic E-state index is 0.133. The van der Waals surface area contributed by atoms with Gasteiger partial charge in [0.2, 0.25) is 0 Å². The van der Waals surface area contributed by atoms with Crippen molar-refractivity contribution >= 4 is 11.9 Å². The van der Waals surface area contributed by atoms with Crippen LogP contribution in [0.3, 0.4) is 0 Å². The minimum atomic E-state index is -1.14. The fourth-order valence-corrected chi connectivity index (χ4v) is 1.66. The van der Waals surface area contributed by atoms with Crippen molar-refractivity contribution in [1.82, 2.24) is 30.5 Å². The number of aryl methyl sites for hydroxylation is 2. The molecule has 21 heavy (non-hydrogen) atoms. The predicted molar refractivity (Wildman–Crippen MR) is 70.8 cm³/mol. The number of aromatic nitrogens is 5. The zero-order valence-electron chi connectivity index (χ0n) is 11.6. The number of hydrogen-bond donors (Lipinski definition) is 2. The Labute approximate surface area is 120 Å². The van der Waals surface area contributed by atoms with Crippen molar-refractivity contribution in [2.24, 2.45) is 0 Å². The van der Waals surface area contributed by atoms with Crippen molar-refractivity contribution in [1.29, 1.82) is 0 Å². The maximum atomic E-state index is 12.0. The average Bonchev–Trinajstić information content (AvgIpc) is 2.90. The molecule has 1 amide bonds. The van der Waals surface area contributed by atoms with Crippen molar-refractivity contribution in [3.63, 3.8) is 0 Å². The van der Waals surface area contributed by atoms with Crippen molar-refractivity contribution in [2.45, 2.75) is 20.4 Å². The molecule has 0 atom stereocenters. The summed E-state index contributed by atoms with van der Waals surface area (Å²) in [5, 5.41) is 26.3. The van der Waals surface area contributed by atoms with Gasteiger partial charge in [-0.25, -0.2) is 9.48 Å². The van der Waals surface area contributed by atoms with Crippen molar-refractivity contribution < 1.29 is 14.7 Å². The molecule has 110 valence electrons. The standard InChI is InChI=1S/C12H14N6O3/c1-7-5-9(8(2)15-14-7)11(19)13-3-4-18-6-10(12(20)21)16-17-18/h5-6H,3-4H2,1-2H3,(H,13,19)(H,20,21). The number of carboxylic acid groups (broad SMARTS) is 1. The maximum absolute atomic E-state index is 12.0. The highest BCUT2D eigenvalue weighted by atomic mass is 16.4. The number of aromatic carboxylic acids is 1. The summed E-state index contributed by atoms with van der Waals surface area (Å²) in [7, 11) is 0. The Hall–Kier alpha value is -2.84. The Morgan fingerprint density at radius 2 is 2.05 bits per heavy atom. The molecule has 2 aromatic rings. The third-order valence-electron chi connectivity index (χ3n) is 2.73. The molecule has 2 aromatic heterocycles. The van der Waals surface area contributed by atoms with Crippen LogP contribution < -0.4 is 5.32 Å². The number of amides is 1. The summed E-state index contributed by atoms with van der Waals surface area (Å²) < 4.78 is 1.35. The van der Waals surface area contributed by atoms with E-state index in [1.807, 2.05) is 0 Å². The lowest BCUT2D eigenvalue weighted by Crippen LogP contribution is -2.28. The number of nitrogens with zero attached hydrogens (tertiary/aromatic N) is 5. The number of carboxylic acids is 1. The minimum Gasteiger partial charge on any atom is -0.476 e. The van der Waals surface area contributed by atoms with Crippen molar-refractivity contribution in [2.75, 3.05) is 6.54 Å². The largest absolute Gasteiger partial charge is 0.476 e. The number of carbonyl (C=O) groups is 2. The molecule has 9 nitrogen and oxygen atoms in total. The first-order chi connectivity index (χ1) is 9.97. The summed E-state index contributed by atoms with van der Waals surface area (Å²) >= 11 is 0. The second-order valence-corrected chi connectivity index (χ2v) is 4.41. The Balaban J connectivity index is 1.92. The highest BCUT2D eigenvalue weighted by molar-refractivity contribution is 5.95. The quantitative estimate of drug-likeness (QED) is 0.782. The number of rotatable bonds is 5. The van der Waals surface area contributed by atoms with Crippen LogP contribution in [0.4, 0.5) is 0 Å². The molecule has 0 aliphatic rings. The van der Waals surface area contributed by atoms with Crippen LogP contribution in [0, 0.1) is 13.8 Å². The Kier molecular flexibility index (Phi) is 4.21. The van der Waals surface area contributed by atoms with E-state index in [2.05, 4.69) is 25.8 Å². The van der Waals surface area contributed by atoms with Gasteiger partial charge in [-0.2, -0.15) is 10.2 Å². The van der Waals surface area contributed by atoms with Gasteiger partial charge in [-0.05, 0) is 19.9 Å². The SMILES string of the molecule is Cc1cc(C(=O)NCCn2cc(C(=O)O)nn2)c(C)nn1. The molecule has 0 aromatic carbocycles. The van der Waals surface area contributed by atoms with Gasteiger partial charge in [0.25, 0.3) is 5.91 Å². The molecule has 0 aliphatic heterocycles. The maximum Gasteiger partial charge on any atom is 0.358 e. The molecule has 2 N–H and O–H groups in total. The zero-order chi connectivity index (χ0) is 15.4. The van der Waals surface area contributed by atoms with E-state index in [0.29, 0.717) is 30.0 Å². The summed E-state index contributed by atoms with van der Waals surface area (Å²) in [6.07, 6.45) is 1.30. The molecular formula is C12H14N6O3. The second-order valence-electron chi connectivity index (χ2n) is 4.41. The molecule has 9 heteroatoms. The first-order valence-electron chi connectivity index (χ1n) is 6.20. The van der Waals surface area contributed by atoms with E-state index in [9.17, 15) is 9.59 Å². The van der Waals surface area contributed by atoms with Gasteiger partial charge in [0.15, 0.2) is 5.69 Å². The summed E-state index contributed by atoms with van der Waals surface area (Å²) in [6, 6.07) is 1.66. The van der Waals surface area contributed by atoms with Crippen LogP contribution in [0.2, 0.25) is 0 Å². The lowest BCUT2D eigenvalue weighted by molar-refractivity contribution is 0.0690. The van der Waals surface area contributed by atoms with Crippen molar-refractivity contribution in [3.05, 3.63) is 34.9 Å². The van der Waals surface area contributed by atoms with Gasteiger partial charge in [-0.3, -0.25) is 4.79 Å². The molecule has 0 aliphatic carbocycles. The van der Waals surface area contributed by atoms with Crippen LogP contribution in [0.5, 0.6) is 0 Å². The highest BCUT2D eigenvalue weighted by Gasteiger charge is 2.11. The lowest BCUT2D eigenvalue weighted by atomic mass is 10.2. The predicted octanol–water partition coefficient (Wildman–Crippen LogP) is -0.187. The topological polar surface area (TPSA) is 123 Å². The molecule has 2 heterocycles. The van der Waals surface area contributed by atoms with E-state index < -0.39 is 5.97 Å². The number of carbonyl (C=O) groups excluding carboxylic acids is 1. The highest BCUT2D eigenvalue weighted by Crippen LogP contribution is 2.04. The van der Waals surface area contributed by atoms with Gasteiger partial charge in [-0.1, -0.05) is 5.21 Å². The third kappa shape index (κ3) is 3.59. The molecule has 0 saturated heterocycles. The Bertz CT molecular complexity index is 681. The van der Waals surface area contributed by atoms with Crippen LogP contribution in [0.1, 0.15) is 32.2 Å². The molecule has 0 radical (unpaired) electrons. The van der Waals surface area contributed by atoms with Gasteiger partial charge in [0.05, 0.1) is 29.7 Å². The molecular weight excluding hydrogens is 276 g/mol. The van der Waals surface area contributed by atoms with E-state index >= 15 is 0 Å². The molecule has 2 rings (SSSR count). The van der Waals surface area contributed by atoms with Gasteiger partial charge in [0.1, 0.15) is 0 Å². The zero-order valence-corrected chi connectivity index (χ0v) is 11.6. The van der Waals surface area contributed by atoms with Gasteiger partial charge in [-0.15, -0.1) is 5.10 Å². The lowest BCUT2D eigenvalue weighted by Gasteiger charge is -2.07. The van der Waals surface area contributed by atoms with E-state index in [1.54, 1.807) is 19.9 Å². The third-order valence-corrected chi connectivity index (χ3v) is 2.73. The normalized spacial score (nSPS) is 10.4. The van der Waals surface area contributed by atoms with E-state index in [1.165, 1.54) is 10.9 Å². The van der Waals surface area contributed by atoms with Gasteiger partial charge in [0, 0.05) is 6.54 Å². The Morgan fingerprint density at radius 3 is 2.71 bits per heavy atom. The van der Waals surface area contributed by atoms with E-state index in [0.717, 1.165) is 0 Å². The summed E-state index contributed by atoms with van der Waals surface area (Å²) in [6.45, 7) is 4.08. The molecule has 0 fully saturated rings. The van der Waals surface area contributed by atoms with Gasteiger partial charge < -0.3 is 10.4 Å². The van der Waals surface area contributed by atoms with Crippen LogP contribution in [-0.2, 0) is 6.54 Å². The van der Waals surface area contributed by atoms with Gasteiger partial charge >= 0.3 is 5.97 Å².